The number of carbonyl (C=O) groups excluding carboxylic acids is 1. The first-order chi connectivity index (χ1) is 13.2. The van der Waals surface area contributed by atoms with E-state index in [1.807, 2.05) is 40.0 Å². The maximum atomic E-state index is 13.0. The van der Waals surface area contributed by atoms with Crippen molar-refractivity contribution in [3.8, 4) is 0 Å². The second-order valence-corrected chi connectivity index (χ2v) is 7.95. The highest BCUT2D eigenvalue weighted by Crippen LogP contribution is 2.29. The number of halogens is 1. The minimum absolute atomic E-state index is 0.192. The largest absolute Gasteiger partial charge is 0.444 e. The summed E-state index contributed by atoms with van der Waals surface area (Å²) in [6.45, 7) is 5.46. The number of aryl methyl sites for hydroxylation is 2. The predicted molar refractivity (Wildman–Crippen MR) is 113 cm³/mol. The van der Waals surface area contributed by atoms with Gasteiger partial charge in [0.05, 0.1) is 0 Å². The number of anilines is 2. The van der Waals surface area contributed by atoms with Crippen LogP contribution in [0.1, 0.15) is 44.7 Å². The van der Waals surface area contributed by atoms with Gasteiger partial charge in [-0.05, 0) is 94.0 Å². The fourth-order valence-electron chi connectivity index (χ4n) is 3.07. The number of nitrogens with one attached hydrogen (secondary N) is 1. The summed E-state index contributed by atoms with van der Waals surface area (Å²) in [7, 11) is 3.56. The molecule has 0 radical (unpaired) electrons. The molecule has 0 heterocycles. The lowest BCUT2D eigenvalue weighted by Gasteiger charge is -2.23. The molecule has 0 unspecified atom stereocenters. The maximum absolute atomic E-state index is 13.0. The number of alkyl carbamates (subject to hydrolysis) is 1. The van der Waals surface area contributed by atoms with Crippen molar-refractivity contribution < 1.29 is 13.9 Å². The molecule has 0 aliphatic heterocycles. The molecule has 1 aliphatic carbocycles. The summed E-state index contributed by atoms with van der Waals surface area (Å²) < 4.78 is 17.8. The van der Waals surface area contributed by atoms with Gasteiger partial charge in [0.25, 0.3) is 0 Å². The highest BCUT2D eigenvalue weighted by atomic mass is 19.1. The SMILES string of the molecule is CN(c1ccc(F)cc1)c1ccc2c(c1)CCCC2.CNC(=O)OC(C)(C)C. The number of nitrogens with zero attached hydrogens (tertiary/aromatic N) is 1. The lowest BCUT2D eigenvalue weighted by Crippen LogP contribution is -2.30. The van der Waals surface area contributed by atoms with Crippen molar-refractivity contribution in [2.45, 2.75) is 52.1 Å². The molecule has 0 bridgehead atoms. The van der Waals surface area contributed by atoms with Crippen molar-refractivity contribution in [2.75, 3.05) is 19.0 Å². The van der Waals surface area contributed by atoms with Gasteiger partial charge in [-0.1, -0.05) is 6.07 Å². The zero-order valence-electron chi connectivity index (χ0n) is 17.5. The molecule has 0 aromatic heterocycles. The summed E-state index contributed by atoms with van der Waals surface area (Å²) in [6, 6.07) is 13.3. The van der Waals surface area contributed by atoms with Crippen LogP contribution in [0.15, 0.2) is 42.5 Å². The Morgan fingerprint density at radius 3 is 2.11 bits per heavy atom. The molecular formula is C23H31FN2O2. The number of ether oxygens (including phenoxy) is 1. The van der Waals surface area contributed by atoms with Crippen LogP contribution >= 0.6 is 0 Å². The summed E-state index contributed by atoms with van der Waals surface area (Å²) in [5, 5.41) is 2.36. The molecule has 3 rings (SSSR count). The van der Waals surface area contributed by atoms with Gasteiger partial charge in [0, 0.05) is 25.5 Å². The topological polar surface area (TPSA) is 41.6 Å². The van der Waals surface area contributed by atoms with E-state index < -0.39 is 0 Å². The van der Waals surface area contributed by atoms with Crippen molar-refractivity contribution in [1.29, 1.82) is 0 Å². The summed E-state index contributed by atoms with van der Waals surface area (Å²) >= 11 is 0. The van der Waals surface area contributed by atoms with Gasteiger partial charge in [0.2, 0.25) is 0 Å². The van der Waals surface area contributed by atoms with Gasteiger partial charge in [-0.3, -0.25) is 0 Å². The van der Waals surface area contributed by atoms with Crippen molar-refractivity contribution in [3.63, 3.8) is 0 Å². The van der Waals surface area contributed by atoms with Gasteiger partial charge in [0.15, 0.2) is 0 Å². The van der Waals surface area contributed by atoms with Gasteiger partial charge in [0.1, 0.15) is 11.4 Å². The summed E-state index contributed by atoms with van der Waals surface area (Å²) in [5.74, 6) is -0.192. The average molecular weight is 387 g/mol. The third-order valence-electron chi connectivity index (χ3n) is 4.54. The Morgan fingerprint density at radius 2 is 1.57 bits per heavy atom. The van der Waals surface area contributed by atoms with Gasteiger partial charge in [-0.25, -0.2) is 9.18 Å². The second-order valence-electron chi connectivity index (χ2n) is 7.95. The Kier molecular flexibility index (Phi) is 7.44. The predicted octanol–water partition coefficient (Wildman–Crippen LogP) is 5.61. The molecule has 4 nitrogen and oxygen atoms in total. The van der Waals surface area contributed by atoms with Crippen LogP contribution < -0.4 is 10.2 Å². The van der Waals surface area contributed by atoms with Crippen molar-refractivity contribution in [2.24, 2.45) is 0 Å². The first-order valence-corrected chi connectivity index (χ1v) is 9.71. The Labute approximate surface area is 167 Å². The van der Waals surface area contributed by atoms with Gasteiger partial charge in [-0.2, -0.15) is 0 Å². The highest BCUT2D eigenvalue weighted by Gasteiger charge is 2.14. The number of hydrogen-bond acceptors (Lipinski definition) is 3. The highest BCUT2D eigenvalue weighted by molar-refractivity contribution is 5.67. The summed E-state index contributed by atoms with van der Waals surface area (Å²) in [6.07, 6.45) is 4.59. The molecule has 1 N–H and O–H groups in total. The van der Waals surface area contributed by atoms with E-state index in [1.165, 1.54) is 61.7 Å². The minimum atomic E-state index is -0.389. The zero-order valence-corrected chi connectivity index (χ0v) is 17.5. The molecule has 0 spiro atoms. The lowest BCUT2D eigenvalue weighted by atomic mass is 9.91. The van der Waals surface area contributed by atoms with Crippen molar-refractivity contribution in [3.05, 3.63) is 59.4 Å². The molecule has 5 heteroatoms. The second kappa shape index (κ2) is 9.58. The number of fused-ring (bicyclic) bond motifs is 1. The van der Waals surface area contributed by atoms with Crippen LogP contribution in [0.4, 0.5) is 20.6 Å². The molecule has 152 valence electrons. The number of benzene rings is 2. The van der Waals surface area contributed by atoms with Crippen LogP contribution in [0.5, 0.6) is 0 Å². The van der Waals surface area contributed by atoms with Crippen LogP contribution in [0.25, 0.3) is 0 Å². The van der Waals surface area contributed by atoms with E-state index in [4.69, 9.17) is 4.74 Å². The Morgan fingerprint density at radius 1 is 1.00 bits per heavy atom. The maximum Gasteiger partial charge on any atom is 0.407 e. The van der Waals surface area contributed by atoms with E-state index in [9.17, 15) is 9.18 Å². The summed E-state index contributed by atoms with van der Waals surface area (Å²) in [4.78, 5) is 12.6. The molecule has 0 fully saturated rings. The number of rotatable bonds is 2. The normalized spacial score (nSPS) is 12.9. The third kappa shape index (κ3) is 6.55. The Hall–Kier alpha value is -2.56. The molecule has 0 saturated carbocycles. The fraction of sp³-hybridized carbons (Fsp3) is 0.435. The van der Waals surface area contributed by atoms with E-state index >= 15 is 0 Å². The van der Waals surface area contributed by atoms with E-state index in [1.54, 1.807) is 0 Å². The molecule has 2 aromatic rings. The average Bonchev–Trinajstić information content (AvgIpc) is 2.67. The van der Waals surface area contributed by atoms with Crippen LogP contribution in [0, 0.1) is 5.82 Å². The quantitative estimate of drug-likeness (QED) is 0.729. The van der Waals surface area contributed by atoms with Gasteiger partial charge >= 0.3 is 6.09 Å². The molecule has 1 aliphatic rings. The molecule has 0 atom stereocenters. The number of hydrogen-bond donors (Lipinski definition) is 1. The minimum Gasteiger partial charge on any atom is -0.444 e. The Bertz CT molecular complexity index is 782. The first kappa shape index (κ1) is 21.7. The fourth-order valence-corrected chi connectivity index (χ4v) is 3.07. The van der Waals surface area contributed by atoms with E-state index in [0.29, 0.717) is 0 Å². The lowest BCUT2D eigenvalue weighted by molar-refractivity contribution is 0.0541. The van der Waals surface area contributed by atoms with Crippen molar-refractivity contribution in [1.82, 2.24) is 5.32 Å². The molecule has 2 aromatic carbocycles. The standard InChI is InChI=1S/C17H18FN.C6H13NO2/c1-19(16-10-7-15(18)8-11-16)17-9-6-13-4-2-3-5-14(13)12-17;1-6(2,3)9-5(8)7-4/h6-12H,2-5H2,1H3;1-4H3,(H,7,8). The van der Waals surface area contributed by atoms with E-state index in [2.05, 4.69) is 28.4 Å². The smallest absolute Gasteiger partial charge is 0.407 e. The van der Waals surface area contributed by atoms with Crippen molar-refractivity contribution >= 4 is 17.5 Å². The first-order valence-electron chi connectivity index (χ1n) is 9.71. The molecule has 1 amide bonds. The monoisotopic (exact) mass is 386 g/mol. The Balaban J connectivity index is 0.000000266. The van der Waals surface area contributed by atoms with Gasteiger partial charge in [-0.15, -0.1) is 0 Å². The third-order valence-corrected chi connectivity index (χ3v) is 4.54. The number of amides is 1. The molecule has 0 saturated heterocycles. The molecule has 28 heavy (non-hydrogen) atoms. The number of carbonyl (C=O) groups is 1. The van der Waals surface area contributed by atoms with Crippen LogP contribution in [-0.2, 0) is 17.6 Å². The van der Waals surface area contributed by atoms with Crippen LogP contribution in [0.3, 0.4) is 0 Å². The zero-order chi connectivity index (χ0) is 20.7. The van der Waals surface area contributed by atoms with E-state index in [0.717, 1.165) is 5.69 Å². The van der Waals surface area contributed by atoms with Gasteiger partial charge < -0.3 is 15.0 Å². The van der Waals surface area contributed by atoms with Crippen LogP contribution in [0.2, 0.25) is 0 Å². The molecular weight excluding hydrogens is 355 g/mol. The van der Waals surface area contributed by atoms with E-state index in [-0.39, 0.29) is 17.5 Å². The van der Waals surface area contributed by atoms with Crippen LogP contribution in [-0.4, -0.2) is 25.8 Å². The summed E-state index contributed by atoms with van der Waals surface area (Å²) in [5.41, 5.74) is 4.75.